The van der Waals surface area contributed by atoms with Crippen molar-refractivity contribution < 1.29 is 4.79 Å². The largest absolute Gasteiger partial charge is 0.328 e. The van der Waals surface area contributed by atoms with Crippen molar-refractivity contribution in [2.24, 2.45) is 0 Å². The molecule has 5 heteroatoms. The van der Waals surface area contributed by atoms with E-state index in [2.05, 4.69) is 37.5 Å². The average Bonchev–Trinajstić information content (AvgIpc) is 2.97. The van der Waals surface area contributed by atoms with Crippen LogP contribution in [-0.2, 0) is 4.79 Å². The van der Waals surface area contributed by atoms with E-state index in [1.807, 2.05) is 55.9 Å². The molecule has 0 atom stereocenters. The summed E-state index contributed by atoms with van der Waals surface area (Å²) in [6, 6.07) is 7.98. The molecular weight excluding hydrogens is 406 g/mol. The molecule has 0 N–H and O–H groups in total. The number of anilines is 2. The van der Waals surface area contributed by atoms with Gasteiger partial charge in [-0.25, -0.2) is 4.98 Å². The van der Waals surface area contributed by atoms with Crippen LogP contribution in [0.25, 0.3) is 11.1 Å². The molecule has 0 bridgehead atoms. The number of halogens is 1. The summed E-state index contributed by atoms with van der Waals surface area (Å²) < 4.78 is 0. The second-order valence-corrected chi connectivity index (χ2v) is 7.99. The lowest BCUT2D eigenvalue weighted by Gasteiger charge is -2.19. The monoisotopic (exact) mass is 443 g/mol. The van der Waals surface area contributed by atoms with Crippen LogP contribution in [0, 0.1) is 6.92 Å². The normalized spacial score (nSPS) is 11.9. The van der Waals surface area contributed by atoms with Gasteiger partial charge in [-0.3, -0.25) is 4.79 Å². The molecule has 3 rings (SSSR count). The van der Waals surface area contributed by atoms with E-state index < -0.39 is 0 Å². The van der Waals surface area contributed by atoms with Gasteiger partial charge in [-0.1, -0.05) is 77.6 Å². The van der Waals surface area contributed by atoms with E-state index in [0.717, 1.165) is 34.0 Å². The summed E-state index contributed by atoms with van der Waals surface area (Å²) in [6.07, 6.45) is 7.35. The molecule has 0 fully saturated rings. The predicted octanol–water partition coefficient (Wildman–Crippen LogP) is 7.64. The third kappa shape index (κ3) is 7.39. The van der Waals surface area contributed by atoms with Gasteiger partial charge in [-0.2, -0.15) is 0 Å². The Morgan fingerprint density at radius 1 is 1.06 bits per heavy atom. The first-order valence-electron chi connectivity index (χ1n) is 11.3. The lowest BCUT2D eigenvalue weighted by atomic mass is 10.0. The number of fused-ring (bicyclic) bond motifs is 1. The quantitative estimate of drug-likeness (QED) is 0.429. The lowest BCUT2D eigenvalue weighted by Crippen LogP contribution is -2.29. The molecule has 1 aliphatic heterocycles. The van der Waals surface area contributed by atoms with Gasteiger partial charge >= 0.3 is 0 Å². The third-order valence-corrected chi connectivity index (χ3v) is 5.09. The van der Waals surface area contributed by atoms with Crippen molar-refractivity contribution in [3.05, 3.63) is 53.4 Å². The van der Waals surface area contributed by atoms with Crippen LogP contribution in [0.15, 0.2) is 42.9 Å². The Balaban J connectivity index is 0.000000521. The zero-order valence-electron chi connectivity index (χ0n) is 20.3. The molecule has 1 aromatic carbocycles. The maximum atomic E-state index is 11.5. The molecule has 170 valence electrons. The number of hydrogen-bond acceptors (Lipinski definition) is 4. The SMILES string of the molecule is C=C1N(C)c2cc(-c3cc(C)cc(Cl)c3)cnc2N1CC(C)=O.CC.CCCCCC. The molecule has 0 radical (unpaired) electrons. The van der Waals surface area contributed by atoms with Gasteiger partial charge in [0.25, 0.3) is 0 Å². The molecule has 2 aromatic rings. The second kappa shape index (κ2) is 13.2. The van der Waals surface area contributed by atoms with Gasteiger partial charge in [0, 0.05) is 23.8 Å². The Morgan fingerprint density at radius 3 is 2.19 bits per heavy atom. The van der Waals surface area contributed by atoms with Crippen LogP contribution in [0.5, 0.6) is 0 Å². The van der Waals surface area contributed by atoms with Crippen LogP contribution >= 0.6 is 11.6 Å². The molecule has 0 unspecified atom stereocenters. The molecular formula is C26H38ClN3O. The number of ketones is 1. The van der Waals surface area contributed by atoms with E-state index in [1.165, 1.54) is 25.7 Å². The Bertz CT molecular complexity index is 855. The zero-order chi connectivity index (χ0) is 23.6. The lowest BCUT2D eigenvalue weighted by molar-refractivity contribution is -0.115. The molecule has 0 aliphatic carbocycles. The van der Waals surface area contributed by atoms with E-state index in [4.69, 9.17) is 11.6 Å². The number of hydrogen-bond donors (Lipinski definition) is 0. The highest BCUT2D eigenvalue weighted by molar-refractivity contribution is 6.31. The topological polar surface area (TPSA) is 36.4 Å². The van der Waals surface area contributed by atoms with Crippen molar-refractivity contribution in [2.45, 2.75) is 67.2 Å². The van der Waals surface area contributed by atoms with Crippen LogP contribution in [0.2, 0.25) is 5.02 Å². The van der Waals surface area contributed by atoms with Gasteiger partial charge in [0.05, 0.1) is 12.2 Å². The van der Waals surface area contributed by atoms with Gasteiger partial charge in [0.15, 0.2) is 5.82 Å². The van der Waals surface area contributed by atoms with Crippen molar-refractivity contribution in [3.63, 3.8) is 0 Å². The van der Waals surface area contributed by atoms with Gasteiger partial charge in [-0.05, 0) is 43.2 Å². The Labute approximate surface area is 193 Å². The molecule has 1 aliphatic rings. The summed E-state index contributed by atoms with van der Waals surface area (Å²) in [5.74, 6) is 1.58. The number of rotatable bonds is 6. The van der Waals surface area contributed by atoms with Crippen molar-refractivity contribution >= 4 is 28.9 Å². The molecule has 2 heterocycles. The average molecular weight is 444 g/mol. The fourth-order valence-electron chi connectivity index (χ4n) is 3.29. The summed E-state index contributed by atoms with van der Waals surface area (Å²) in [5, 5.41) is 0.705. The highest BCUT2D eigenvalue weighted by Gasteiger charge is 2.29. The minimum atomic E-state index is 0.0729. The maximum absolute atomic E-state index is 11.5. The van der Waals surface area contributed by atoms with Gasteiger partial charge in [-0.15, -0.1) is 0 Å². The first-order chi connectivity index (χ1) is 14.8. The van der Waals surface area contributed by atoms with E-state index in [0.29, 0.717) is 5.02 Å². The molecule has 0 amide bonds. The highest BCUT2D eigenvalue weighted by atomic mass is 35.5. The molecule has 0 saturated heterocycles. The standard InChI is InChI=1S/C18H18ClN3O.C6H14.C2H6/c1-11-5-14(7-16(19)6-11)15-8-17-18(20-9-15)22(10-12(2)23)13(3)21(17)4;1-3-5-6-4-2;1-2/h5-9H,3,10H2,1-2,4H3;3-6H2,1-2H3;1-2H3. The Kier molecular flexibility index (Phi) is 11.3. The number of benzene rings is 1. The minimum Gasteiger partial charge on any atom is -0.328 e. The summed E-state index contributed by atoms with van der Waals surface area (Å²) in [7, 11) is 1.93. The highest BCUT2D eigenvalue weighted by Crippen LogP contribution is 2.40. The number of nitrogens with zero attached hydrogens (tertiary/aromatic N) is 3. The number of aryl methyl sites for hydroxylation is 1. The Morgan fingerprint density at radius 2 is 1.68 bits per heavy atom. The van der Waals surface area contributed by atoms with Crippen LogP contribution in [0.4, 0.5) is 11.5 Å². The van der Waals surface area contributed by atoms with Crippen molar-refractivity contribution in [2.75, 3.05) is 23.4 Å². The van der Waals surface area contributed by atoms with Crippen LogP contribution in [0.1, 0.15) is 65.9 Å². The molecule has 1 aromatic heterocycles. The number of aromatic nitrogens is 1. The van der Waals surface area contributed by atoms with Crippen LogP contribution in [0.3, 0.4) is 0 Å². The van der Waals surface area contributed by atoms with Gasteiger partial charge in [0.1, 0.15) is 11.6 Å². The molecule has 31 heavy (non-hydrogen) atoms. The van der Waals surface area contributed by atoms with Crippen LogP contribution in [-0.4, -0.2) is 24.4 Å². The van der Waals surface area contributed by atoms with E-state index in [-0.39, 0.29) is 12.3 Å². The smallest absolute Gasteiger partial charge is 0.158 e. The fraction of sp³-hybridized carbons (Fsp3) is 0.462. The summed E-state index contributed by atoms with van der Waals surface area (Å²) in [6.45, 7) is 16.4. The number of unbranched alkanes of at least 4 members (excludes halogenated alkanes) is 3. The first kappa shape index (κ1) is 26.7. The van der Waals surface area contributed by atoms with Crippen molar-refractivity contribution in [1.29, 1.82) is 0 Å². The van der Waals surface area contributed by atoms with Gasteiger partial charge in [0.2, 0.25) is 0 Å². The minimum absolute atomic E-state index is 0.0729. The first-order valence-corrected chi connectivity index (χ1v) is 11.6. The van der Waals surface area contributed by atoms with Crippen molar-refractivity contribution in [1.82, 2.24) is 4.98 Å². The number of Topliss-reactive ketones (excluding diaryl/α,β-unsaturated/α-hetero) is 1. The summed E-state index contributed by atoms with van der Waals surface area (Å²) >= 11 is 6.16. The second-order valence-electron chi connectivity index (χ2n) is 7.55. The van der Waals surface area contributed by atoms with Crippen LogP contribution < -0.4 is 9.80 Å². The number of carbonyl (C=O) groups is 1. The molecule has 4 nitrogen and oxygen atoms in total. The third-order valence-electron chi connectivity index (χ3n) is 4.88. The summed E-state index contributed by atoms with van der Waals surface area (Å²) in [5.41, 5.74) is 4.04. The zero-order valence-corrected chi connectivity index (χ0v) is 21.0. The number of pyridine rings is 1. The van der Waals surface area contributed by atoms with E-state index in [1.54, 1.807) is 6.92 Å². The van der Waals surface area contributed by atoms with E-state index in [9.17, 15) is 4.79 Å². The maximum Gasteiger partial charge on any atom is 0.158 e. The fourth-order valence-corrected chi connectivity index (χ4v) is 3.58. The Hall–Kier alpha value is -2.33. The molecule has 0 spiro atoms. The van der Waals surface area contributed by atoms with Crippen molar-refractivity contribution in [3.8, 4) is 11.1 Å². The molecule has 0 saturated carbocycles. The van der Waals surface area contributed by atoms with Gasteiger partial charge < -0.3 is 9.80 Å². The summed E-state index contributed by atoms with van der Waals surface area (Å²) in [4.78, 5) is 19.8. The predicted molar refractivity (Wildman–Crippen MR) is 136 cm³/mol. The number of carbonyl (C=O) groups excluding carboxylic acids is 1. The van der Waals surface area contributed by atoms with E-state index >= 15 is 0 Å².